The number of carbonyl (C=O) groups excluding carboxylic acids is 1. The van der Waals surface area contributed by atoms with Crippen molar-refractivity contribution in [1.29, 1.82) is 0 Å². The molecule has 1 saturated heterocycles. The number of sulfonamides is 1. The zero-order valence-corrected chi connectivity index (χ0v) is 17.7. The second-order valence-corrected chi connectivity index (χ2v) is 10.0. The second kappa shape index (κ2) is 7.31. The van der Waals surface area contributed by atoms with Crippen molar-refractivity contribution in [3.63, 3.8) is 0 Å². The van der Waals surface area contributed by atoms with E-state index in [9.17, 15) is 13.2 Å². The normalized spacial score (nSPS) is 21.6. The number of benzene rings is 1. The van der Waals surface area contributed by atoms with Crippen LogP contribution in [0.4, 0.5) is 5.69 Å². The van der Waals surface area contributed by atoms with Crippen LogP contribution in [-0.4, -0.2) is 54.3 Å². The number of anilines is 1. The first-order valence-electron chi connectivity index (χ1n) is 10.3. The minimum atomic E-state index is -3.64. The highest BCUT2D eigenvalue weighted by Gasteiger charge is 2.36. The number of carbonyl (C=O) groups is 1. The number of hydrogen-bond donors (Lipinski definition) is 0. The molecule has 0 spiro atoms. The Morgan fingerprint density at radius 3 is 2.73 bits per heavy atom. The van der Waals surface area contributed by atoms with Gasteiger partial charge in [0.2, 0.25) is 21.8 Å². The summed E-state index contributed by atoms with van der Waals surface area (Å²) in [5.41, 5.74) is 2.86. The molecule has 158 valence electrons. The van der Waals surface area contributed by atoms with Crippen molar-refractivity contribution in [3.05, 3.63) is 41.3 Å². The Morgan fingerprint density at radius 1 is 1.13 bits per heavy atom. The fraction of sp³-hybridized carbons (Fsp3) is 0.476. The number of nitrogens with zero attached hydrogens (tertiary/aromatic N) is 4. The van der Waals surface area contributed by atoms with Crippen LogP contribution in [0, 0.1) is 6.92 Å². The SMILES string of the molecule is Cc1nccc(OC2CCCN(S(=O)(=O)c3cc4c5c(c3)CCN5C(=O)CC4)C2)n1. The van der Waals surface area contributed by atoms with Crippen LogP contribution < -0.4 is 9.64 Å². The number of aryl methyl sites for hydroxylation is 2. The predicted molar refractivity (Wildman–Crippen MR) is 110 cm³/mol. The summed E-state index contributed by atoms with van der Waals surface area (Å²) in [6.07, 6.45) is 4.64. The molecule has 4 heterocycles. The van der Waals surface area contributed by atoms with Crippen molar-refractivity contribution in [3.8, 4) is 5.88 Å². The van der Waals surface area contributed by atoms with Gasteiger partial charge in [0.15, 0.2) is 0 Å². The van der Waals surface area contributed by atoms with Gasteiger partial charge >= 0.3 is 0 Å². The van der Waals surface area contributed by atoms with Gasteiger partial charge in [-0.15, -0.1) is 0 Å². The van der Waals surface area contributed by atoms with E-state index in [2.05, 4.69) is 9.97 Å². The molecule has 5 rings (SSSR count). The highest BCUT2D eigenvalue weighted by atomic mass is 32.2. The quantitative estimate of drug-likeness (QED) is 0.738. The molecule has 30 heavy (non-hydrogen) atoms. The summed E-state index contributed by atoms with van der Waals surface area (Å²) < 4.78 is 34.3. The molecule has 3 aliphatic rings. The topological polar surface area (TPSA) is 92.7 Å². The zero-order valence-electron chi connectivity index (χ0n) is 16.9. The van der Waals surface area contributed by atoms with Crippen LogP contribution in [0.5, 0.6) is 5.88 Å². The van der Waals surface area contributed by atoms with Crippen LogP contribution >= 0.6 is 0 Å². The van der Waals surface area contributed by atoms with Gasteiger partial charge in [0.05, 0.1) is 17.1 Å². The smallest absolute Gasteiger partial charge is 0.243 e. The molecule has 1 fully saturated rings. The van der Waals surface area contributed by atoms with Crippen LogP contribution in [0.15, 0.2) is 29.3 Å². The van der Waals surface area contributed by atoms with E-state index in [1.165, 1.54) is 4.31 Å². The zero-order chi connectivity index (χ0) is 20.9. The third-order valence-corrected chi connectivity index (χ3v) is 7.88. The van der Waals surface area contributed by atoms with Crippen molar-refractivity contribution in [2.75, 3.05) is 24.5 Å². The van der Waals surface area contributed by atoms with Gasteiger partial charge in [0.1, 0.15) is 11.9 Å². The maximum absolute atomic E-state index is 13.4. The summed E-state index contributed by atoms with van der Waals surface area (Å²) in [5, 5.41) is 0. The molecule has 9 heteroatoms. The Morgan fingerprint density at radius 2 is 1.93 bits per heavy atom. The average Bonchev–Trinajstić information content (AvgIpc) is 3.16. The van der Waals surface area contributed by atoms with Crippen LogP contribution in [0.3, 0.4) is 0 Å². The maximum Gasteiger partial charge on any atom is 0.243 e. The summed E-state index contributed by atoms with van der Waals surface area (Å²) in [5.74, 6) is 1.22. The lowest BCUT2D eigenvalue weighted by Crippen LogP contribution is -2.44. The molecule has 8 nitrogen and oxygen atoms in total. The van der Waals surface area contributed by atoms with Gasteiger partial charge in [-0.2, -0.15) is 9.29 Å². The van der Waals surface area contributed by atoms with E-state index in [-0.39, 0.29) is 12.0 Å². The Kier molecular flexibility index (Phi) is 4.74. The van der Waals surface area contributed by atoms with Gasteiger partial charge in [0, 0.05) is 31.8 Å². The number of piperidine rings is 1. The minimum absolute atomic E-state index is 0.132. The molecule has 0 radical (unpaired) electrons. The maximum atomic E-state index is 13.4. The lowest BCUT2D eigenvalue weighted by molar-refractivity contribution is -0.118. The van der Waals surface area contributed by atoms with Crippen molar-refractivity contribution in [2.45, 2.75) is 50.0 Å². The van der Waals surface area contributed by atoms with Gasteiger partial charge < -0.3 is 9.64 Å². The van der Waals surface area contributed by atoms with Crippen LogP contribution in [0.25, 0.3) is 0 Å². The third kappa shape index (κ3) is 3.35. The molecule has 0 N–H and O–H groups in total. The van der Waals surface area contributed by atoms with Crippen molar-refractivity contribution in [2.24, 2.45) is 0 Å². The van der Waals surface area contributed by atoms with Gasteiger partial charge in [-0.1, -0.05) is 0 Å². The minimum Gasteiger partial charge on any atom is -0.473 e. The van der Waals surface area contributed by atoms with E-state index in [1.807, 2.05) is 0 Å². The van der Waals surface area contributed by atoms with Crippen LogP contribution in [-0.2, 0) is 27.7 Å². The molecule has 2 aromatic rings. The van der Waals surface area contributed by atoms with E-state index in [0.717, 1.165) is 29.7 Å². The first kappa shape index (κ1) is 19.4. The number of hydrogen-bond acceptors (Lipinski definition) is 6. The Bertz CT molecular complexity index is 1120. The number of rotatable bonds is 4. The summed E-state index contributed by atoms with van der Waals surface area (Å²) in [4.78, 5) is 22.6. The highest BCUT2D eigenvalue weighted by Crippen LogP contribution is 2.39. The van der Waals surface area contributed by atoms with E-state index in [0.29, 0.717) is 55.5 Å². The summed E-state index contributed by atoms with van der Waals surface area (Å²) in [6.45, 7) is 3.20. The molecule has 0 saturated carbocycles. The van der Waals surface area contributed by atoms with Crippen molar-refractivity contribution in [1.82, 2.24) is 14.3 Å². The van der Waals surface area contributed by atoms with Crippen molar-refractivity contribution >= 4 is 21.6 Å². The Balaban J connectivity index is 1.39. The summed E-state index contributed by atoms with van der Waals surface area (Å²) in [7, 11) is -3.64. The third-order valence-electron chi connectivity index (χ3n) is 6.04. The fourth-order valence-electron chi connectivity index (χ4n) is 4.61. The predicted octanol–water partition coefficient (Wildman–Crippen LogP) is 1.85. The standard InChI is InChI=1S/C21H24N4O4S/c1-14-22-8-6-19(23-14)29-17-3-2-9-24(13-17)30(27,28)18-11-15-4-5-20(26)25-10-7-16(12-18)21(15)25/h6,8,11-12,17H,2-5,7,9-10,13H2,1H3. The fourth-order valence-corrected chi connectivity index (χ4v) is 6.23. The second-order valence-electron chi connectivity index (χ2n) is 8.07. The molecule has 1 unspecified atom stereocenters. The Labute approximate surface area is 175 Å². The average molecular weight is 429 g/mol. The highest BCUT2D eigenvalue weighted by molar-refractivity contribution is 7.89. The van der Waals surface area contributed by atoms with E-state index < -0.39 is 10.0 Å². The Hall–Kier alpha value is -2.52. The number of aromatic nitrogens is 2. The van der Waals surface area contributed by atoms with Crippen molar-refractivity contribution < 1.29 is 17.9 Å². The van der Waals surface area contributed by atoms with Gasteiger partial charge in [0.25, 0.3) is 0 Å². The molecule has 0 aliphatic carbocycles. The molecular weight excluding hydrogens is 404 g/mol. The first-order valence-corrected chi connectivity index (χ1v) is 11.8. The number of ether oxygens (including phenoxy) is 1. The molecular formula is C21H24N4O4S. The van der Waals surface area contributed by atoms with E-state index in [1.54, 1.807) is 36.2 Å². The van der Waals surface area contributed by atoms with Crippen LogP contribution in [0.2, 0.25) is 0 Å². The van der Waals surface area contributed by atoms with Gasteiger partial charge in [-0.3, -0.25) is 4.79 Å². The molecule has 3 aliphatic heterocycles. The molecule has 1 atom stereocenters. The monoisotopic (exact) mass is 428 g/mol. The number of amides is 1. The summed E-state index contributed by atoms with van der Waals surface area (Å²) >= 11 is 0. The van der Waals surface area contributed by atoms with Gasteiger partial charge in [-0.05, 0) is 55.9 Å². The first-order chi connectivity index (χ1) is 14.4. The van der Waals surface area contributed by atoms with Gasteiger partial charge in [-0.25, -0.2) is 13.4 Å². The van der Waals surface area contributed by atoms with E-state index >= 15 is 0 Å². The van der Waals surface area contributed by atoms with Crippen LogP contribution in [0.1, 0.15) is 36.2 Å². The molecule has 0 bridgehead atoms. The molecule has 1 aromatic carbocycles. The largest absolute Gasteiger partial charge is 0.473 e. The summed E-state index contributed by atoms with van der Waals surface area (Å²) in [6, 6.07) is 5.21. The molecule has 1 amide bonds. The lowest BCUT2D eigenvalue weighted by Gasteiger charge is -2.32. The molecule has 1 aromatic heterocycles. The lowest BCUT2D eigenvalue weighted by atomic mass is 10.00. The van der Waals surface area contributed by atoms with E-state index in [4.69, 9.17) is 4.74 Å².